The van der Waals surface area contributed by atoms with Gasteiger partial charge in [-0.1, -0.05) is 6.08 Å². The number of aryl methyl sites for hydroxylation is 1. The van der Waals surface area contributed by atoms with Crippen molar-refractivity contribution in [1.29, 1.82) is 0 Å². The summed E-state index contributed by atoms with van der Waals surface area (Å²) in [6.07, 6.45) is 3.97. The molecule has 2 atom stereocenters. The minimum atomic E-state index is -0.552. The normalized spacial score (nSPS) is 18.7. The summed E-state index contributed by atoms with van der Waals surface area (Å²) in [6.45, 7) is 8.98. The standard InChI is InChI=1S/C17H25N3O3/c1-4-5-11-22-14(3)17(21)23-12-15-7-6-10-20(15)16-9-8-13(2)18-19-16/h4,8-9,14-15H,1,5-7,10-12H2,2-3H3. The molecule has 0 bridgehead atoms. The molecule has 1 aliphatic rings. The molecule has 0 amide bonds. The Kier molecular flexibility index (Phi) is 6.52. The second kappa shape index (κ2) is 8.62. The molecule has 0 radical (unpaired) electrons. The van der Waals surface area contributed by atoms with Crippen molar-refractivity contribution in [3.63, 3.8) is 0 Å². The summed E-state index contributed by atoms with van der Waals surface area (Å²) in [5, 5.41) is 8.32. The van der Waals surface area contributed by atoms with Crippen LogP contribution in [0.15, 0.2) is 24.8 Å². The molecule has 1 fully saturated rings. The first-order valence-corrected chi connectivity index (χ1v) is 8.08. The molecule has 0 aromatic carbocycles. The van der Waals surface area contributed by atoms with Gasteiger partial charge in [-0.25, -0.2) is 4.79 Å². The summed E-state index contributed by atoms with van der Waals surface area (Å²) in [5.74, 6) is 0.514. The number of carbonyl (C=O) groups is 1. The predicted octanol–water partition coefficient (Wildman–Crippen LogP) is 2.28. The van der Waals surface area contributed by atoms with Crippen molar-refractivity contribution in [2.45, 2.75) is 45.3 Å². The number of hydrogen-bond acceptors (Lipinski definition) is 6. The van der Waals surface area contributed by atoms with Gasteiger partial charge in [0.15, 0.2) is 11.9 Å². The van der Waals surface area contributed by atoms with Crippen LogP contribution in [0.3, 0.4) is 0 Å². The zero-order chi connectivity index (χ0) is 16.7. The van der Waals surface area contributed by atoms with Crippen LogP contribution in [0.5, 0.6) is 0 Å². The molecule has 0 saturated carbocycles. The number of anilines is 1. The van der Waals surface area contributed by atoms with Crippen LogP contribution in [0.4, 0.5) is 5.82 Å². The minimum Gasteiger partial charge on any atom is -0.462 e. The predicted molar refractivity (Wildman–Crippen MR) is 88.3 cm³/mol. The van der Waals surface area contributed by atoms with Crippen molar-refractivity contribution in [3.05, 3.63) is 30.5 Å². The Morgan fingerprint density at radius 2 is 2.35 bits per heavy atom. The molecule has 6 nitrogen and oxygen atoms in total. The fourth-order valence-electron chi connectivity index (χ4n) is 2.55. The van der Waals surface area contributed by atoms with Gasteiger partial charge in [-0.2, -0.15) is 5.10 Å². The van der Waals surface area contributed by atoms with Crippen molar-refractivity contribution in [1.82, 2.24) is 10.2 Å². The lowest BCUT2D eigenvalue weighted by molar-refractivity contribution is -0.156. The summed E-state index contributed by atoms with van der Waals surface area (Å²) in [4.78, 5) is 14.1. The molecule has 0 aliphatic carbocycles. The summed E-state index contributed by atoms with van der Waals surface area (Å²) < 4.78 is 10.8. The average Bonchev–Trinajstić information content (AvgIpc) is 3.02. The first kappa shape index (κ1) is 17.4. The van der Waals surface area contributed by atoms with Crippen molar-refractivity contribution >= 4 is 11.8 Å². The van der Waals surface area contributed by atoms with Gasteiger partial charge in [-0.3, -0.25) is 0 Å². The van der Waals surface area contributed by atoms with E-state index in [1.165, 1.54) is 0 Å². The number of aromatic nitrogens is 2. The number of nitrogens with zero attached hydrogens (tertiary/aromatic N) is 3. The maximum Gasteiger partial charge on any atom is 0.335 e. The Morgan fingerprint density at radius 1 is 1.52 bits per heavy atom. The molecule has 2 heterocycles. The van der Waals surface area contributed by atoms with E-state index in [0.717, 1.165) is 37.3 Å². The van der Waals surface area contributed by atoms with Crippen molar-refractivity contribution in [3.8, 4) is 0 Å². The van der Waals surface area contributed by atoms with Gasteiger partial charge < -0.3 is 14.4 Å². The first-order chi connectivity index (χ1) is 11.1. The molecule has 23 heavy (non-hydrogen) atoms. The summed E-state index contributed by atoms with van der Waals surface area (Å²) in [5.41, 5.74) is 0.890. The Labute approximate surface area is 137 Å². The van der Waals surface area contributed by atoms with E-state index < -0.39 is 6.10 Å². The van der Waals surface area contributed by atoms with E-state index in [4.69, 9.17) is 9.47 Å². The lowest BCUT2D eigenvalue weighted by atomic mass is 10.2. The first-order valence-electron chi connectivity index (χ1n) is 8.08. The quantitative estimate of drug-likeness (QED) is 0.416. The van der Waals surface area contributed by atoms with Crippen LogP contribution in [-0.2, 0) is 14.3 Å². The van der Waals surface area contributed by atoms with Gasteiger partial charge in [0.25, 0.3) is 0 Å². The number of carbonyl (C=O) groups excluding carboxylic acids is 1. The van der Waals surface area contributed by atoms with Crippen molar-refractivity contribution in [2.24, 2.45) is 0 Å². The zero-order valence-corrected chi connectivity index (χ0v) is 13.9. The molecule has 1 saturated heterocycles. The van der Waals surface area contributed by atoms with Crippen LogP contribution in [-0.4, -0.2) is 48.1 Å². The molecule has 1 aromatic heterocycles. The molecular weight excluding hydrogens is 294 g/mol. The van der Waals surface area contributed by atoms with E-state index in [0.29, 0.717) is 13.2 Å². The SMILES string of the molecule is C=CCCOC(C)C(=O)OCC1CCCN1c1ccc(C)nn1. The summed E-state index contributed by atoms with van der Waals surface area (Å²) in [6, 6.07) is 4.05. The van der Waals surface area contributed by atoms with E-state index in [9.17, 15) is 4.79 Å². The highest BCUT2D eigenvalue weighted by Gasteiger charge is 2.28. The lowest BCUT2D eigenvalue weighted by Crippen LogP contribution is -2.36. The van der Waals surface area contributed by atoms with Crippen LogP contribution >= 0.6 is 0 Å². The second-order valence-corrected chi connectivity index (χ2v) is 5.74. The van der Waals surface area contributed by atoms with E-state index >= 15 is 0 Å². The number of hydrogen-bond donors (Lipinski definition) is 0. The Hall–Kier alpha value is -1.95. The average molecular weight is 319 g/mol. The second-order valence-electron chi connectivity index (χ2n) is 5.74. The molecule has 2 rings (SSSR count). The highest BCUT2D eigenvalue weighted by atomic mass is 16.6. The van der Waals surface area contributed by atoms with Gasteiger partial charge in [0, 0.05) is 6.54 Å². The molecule has 1 aromatic rings. The highest BCUT2D eigenvalue weighted by Crippen LogP contribution is 2.23. The third kappa shape index (κ3) is 5.03. The van der Waals surface area contributed by atoms with E-state index in [1.54, 1.807) is 13.0 Å². The molecule has 2 unspecified atom stereocenters. The molecule has 1 aliphatic heterocycles. The maximum atomic E-state index is 12.0. The smallest absolute Gasteiger partial charge is 0.335 e. The van der Waals surface area contributed by atoms with Crippen LogP contribution in [0.1, 0.15) is 31.9 Å². The fourth-order valence-corrected chi connectivity index (χ4v) is 2.55. The van der Waals surface area contributed by atoms with E-state index in [-0.39, 0.29) is 12.0 Å². The fraction of sp³-hybridized carbons (Fsp3) is 0.588. The van der Waals surface area contributed by atoms with Gasteiger partial charge >= 0.3 is 5.97 Å². The zero-order valence-electron chi connectivity index (χ0n) is 13.9. The van der Waals surface area contributed by atoms with Crippen molar-refractivity contribution in [2.75, 3.05) is 24.7 Å². The van der Waals surface area contributed by atoms with Crippen LogP contribution < -0.4 is 4.90 Å². The van der Waals surface area contributed by atoms with Crippen LogP contribution in [0.25, 0.3) is 0 Å². The number of ether oxygens (including phenoxy) is 2. The van der Waals surface area contributed by atoms with Gasteiger partial charge in [0.2, 0.25) is 0 Å². The third-order valence-electron chi connectivity index (χ3n) is 3.89. The molecule has 6 heteroatoms. The van der Waals surface area contributed by atoms with E-state index in [1.807, 2.05) is 19.1 Å². The Bertz CT molecular complexity index is 518. The van der Waals surface area contributed by atoms with E-state index in [2.05, 4.69) is 21.7 Å². The summed E-state index contributed by atoms with van der Waals surface area (Å²) in [7, 11) is 0. The van der Waals surface area contributed by atoms with Gasteiger partial charge in [-0.05, 0) is 45.2 Å². The third-order valence-corrected chi connectivity index (χ3v) is 3.89. The van der Waals surface area contributed by atoms with Crippen LogP contribution in [0, 0.1) is 6.92 Å². The van der Waals surface area contributed by atoms with Gasteiger partial charge in [0.1, 0.15) is 6.61 Å². The molecular formula is C17H25N3O3. The lowest BCUT2D eigenvalue weighted by Gasteiger charge is -2.25. The van der Waals surface area contributed by atoms with Crippen molar-refractivity contribution < 1.29 is 14.3 Å². The summed E-state index contributed by atoms with van der Waals surface area (Å²) >= 11 is 0. The monoisotopic (exact) mass is 319 g/mol. The number of esters is 1. The maximum absolute atomic E-state index is 12.0. The van der Waals surface area contributed by atoms with Gasteiger partial charge in [-0.15, -0.1) is 11.7 Å². The Morgan fingerprint density at radius 3 is 3.04 bits per heavy atom. The van der Waals surface area contributed by atoms with Gasteiger partial charge in [0.05, 0.1) is 18.3 Å². The number of rotatable bonds is 8. The molecule has 0 spiro atoms. The van der Waals surface area contributed by atoms with Crippen LogP contribution in [0.2, 0.25) is 0 Å². The minimum absolute atomic E-state index is 0.149. The highest BCUT2D eigenvalue weighted by molar-refractivity contribution is 5.74. The molecule has 126 valence electrons. The molecule has 0 N–H and O–H groups in total. The Balaban J connectivity index is 1.83. The largest absolute Gasteiger partial charge is 0.462 e. The topological polar surface area (TPSA) is 64.6 Å².